The minimum absolute atomic E-state index is 0. The largest absolute Gasteiger partial charge is 0.356 e. The third kappa shape index (κ3) is 9.30. The molecule has 4 nitrogen and oxygen atoms in total. The molecule has 0 radical (unpaired) electrons. The summed E-state index contributed by atoms with van der Waals surface area (Å²) in [6, 6.07) is 6.11. The van der Waals surface area contributed by atoms with E-state index in [1.54, 1.807) is 13.1 Å². The molecular weight excluding hydrogens is 458 g/mol. The van der Waals surface area contributed by atoms with Gasteiger partial charge in [-0.05, 0) is 58.0 Å². The average Bonchev–Trinajstić information content (AvgIpc) is 2.51. The van der Waals surface area contributed by atoms with E-state index in [0.717, 1.165) is 31.0 Å². The molecule has 2 N–H and O–H groups in total. The molecule has 0 aliphatic heterocycles. The molecule has 24 heavy (non-hydrogen) atoms. The van der Waals surface area contributed by atoms with Gasteiger partial charge in [-0.1, -0.05) is 29.3 Å². The second kappa shape index (κ2) is 13.0. The SMILES string of the molecule is CN=C(NCCCCN(C)C(C)C)NCc1ccc(Cl)cc1Cl.I. The molecule has 0 aliphatic rings. The Morgan fingerprint density at radius 2 is 1.92 bits per heavy atom. The van der Waals surface area contributed by atoms with Crippen LogP contribution >= 0.6 is 47.2 Å². The van der Waals surface area contributed by atoms with Crippen LogP contribution in [0.15, 0.2) is 23.2 Å². The van der Waals surface area contributed by atoms with Gasteiger partial charge < -0.3 is 15.5 Å². The molecular formula is C17H29Cl2IN4. The molecule has 1 rings (SSSR count). The van der Waals surface area contributed by atoms with Crippen molar-refractivity contribution in [1.82, 2.24) is 15.5 Å². The molecule has 1 aromatic rings. The van der Waals surface area contributed by atoms with Crippen molar-refractivity contribution in [3.8, 4) is 0 Å². The van der Waals surface area contributed by atoms with Crippen LogP contribution in [0.3, 0.4) is 0 Å². The third-order valence-electron chi connectivity index (χ3n) is 3.80. The zero-order chi connectivity index (χ0) is 17.2. The smallest absolute Gasteiger partial charge is 0.191 e. The van der Waals surface area contributed by atoms with E-state index in [4.69, 9.17) is 23.2 Å². The molecule has 0 bridgehead atoms. The van der Waals surface area contributed by atoms with Crippen molar-refractivity contribution in [2.75, 3.05) is 27.2 Å². The van der Waals surface area contributed by atoms with Crippen molar-refractivity contribution in [1.29, 1.82) is 0 Å². The Labute approximate surface area is 173 Å². The quantitative estimate of drug-likeness (QED) is 0.247. The normalized spacial score (nSPS) is 11.6. The number of guanidine groups is 1. The molecule has 7 heteroatoms. The molecule has 0 saturated carbocycles. The first-order valence-electron chi connectivity index (χ1n) is 8.02. The van der Waals surface area contributed by atoms with Gasteiger partial charge in [0.25, 0.3) is 0 Å². The second-order valence-electron chi connectivity index (χ2n) is 5.87. The summed E-state index contributed by atoms with van der Waals surface area (Å²) < 4.78 is 0. The van der Waals surface area contributed by atoms with Crippen LogP contribution in [0.1, 0.15) is 32.3 Å². The Morgan fingerprint density at radius 1 is 1.21 bits per heavy atom. The molecule has 1 aromatic carbocycles. The van der Waals surface area contributed by atoms with Gasteiger partial charge in [0.15, 0.2) is 5.96 Å². The number of halogens is 3. The van der Waals surface area contributed by atoms with Crippen LogP contribution in [0, 0.1) is 0 Å². The Kier molecular flexibility index (Phi) is 12.9. The van der Waals surface area contributed by atoms with Gasteiger partial charge in [-0.15, -0.1) is 24.0 Å². The summed E-state index contributed by atoms with van der Waals surface area (Å²) in [6.45, 7) is 7.06. The van der Waals surface area contributed by atoms with E-state index in [1.165, 1.54) is 6.42 Å². The van der Waals surface area contributed by atoms with Crippen LogP contribution in [-0.2, 0) is 6.54 Å². The lowest BCUT2D eigenvalue weighted by Gasteiger charge is -2.20. The first kappa shape index (κ1) is 23.8. The zero-order valence-corrected chi connectivity index (χ0v) is 18.7. The zero-order valence-electron chi connectivity index (χ0n) is 14.9. The van der Waals surface area contributed by atoms with Crippen LogP contribution in [-0.4, -0.2) is 44.1 Å². The highest BCUT2D eigenvalue weighted by Gasteiger charge is 2.04. The number of unbranched alkanes of at least 4 members (excludes halogenated alkanes) is 1. The lowest BCUT2D eigenvalue weighted by atomic mass is 10.2. The fraction of sp³-hybridized carbons (Fsp3) is 0.588. The average molecular weight is 487 g/mol. The molecule has 0 unspecified atom stereocenters. The van der Waals surface area contributed by atoms with Gasteiger partial charge in [0, 0.05) is 36.2 Å². The van der Waals surface area contributed by atoms with E-state index in [2.05, 4.69) is 41.4 Å². The molecule has 0 aromatic heterocycles. The van der Waals surface area contributed by atoms with E-state index in [0.29, 0.717) is 22.6 Å². The lowest BCUT2D eigenvalue weighted by molar-refractivity contribution is 0.268. The number of aliphatic imine (C=N–C) groups is 1. The fourth-order valence-electron chi connectivity index (χ4n) is 2.02. The summed E-state index contributed by atoms with van der Waals surface area (Å²) >= 11 is 12.1. The maximum absolute atomic E-state index is 6.17. The molecule has 138 valence electrons. The highest BCUT2D eigenvalue weighted by molar-refractivity contribution is 14.0. The minimum Gasteiger partial charge on any atom is -0.356 e. The lowest BCUT2D eigenvalue weighted by Crippen LogP contribution is -2.37. The number of benzene rings is 1. The number of rotatable bonds is 8. The van der Waals surface area contributed by atoms with Crippen molar-refractivity contribution in [2.24, 2.45) is 4.99 Å². The van der Waals surface area contributed by atoms with Crippen molar-refractivity contribution in [2.45, 2.75) is 39.3 Å². The summed E-state index contributed by atoms with van der Waals surface area (Å²) in [5.74, 6) is 0.785. The Hall–Kier alpha value is -0.240. The van der Waals surface area contributed by atoms with Crippen LogP contribution in [0.2, 0.25) is 10.0 Å². The van der Waals surface area contributed by atoms with Gasteiger partial charge in [-0.2, -0.15) is 0 Å². The highest BCUT2D eigenvalue weighted by atomic mass is 127. The van der Waals surface area contributed by atoms with Gasteiger partial charge in [0.2, 0.25) is 0 Å². The van der Waals surface area contributed by atoms with Gasteiger partial charge >= 0.3 is 0 Å². The summed E-state index contributed by atoms with van der Waals surface area (Å²) in [4.78, 5) is 6.58. The van der Waals surface area contributed by atoms with E-state index < -0.39 is 0 Å². The maximum atomic E-state index is 6.17. The van der Waals surface area contributed by atoms with Gasteiger partial charge in [0.1, 0.15) is 0 Å². The second-order valence-corrected chi connectivity index (χ2v) is 6.71. The topological polar surface area (TPSA) is 39.7 Å². The number of nitrogens with one attached hydrogen (secondary N) is 2. The Balaban J connectivity index is 0.00000529. The summed E-state index contributed by atoms with van der Waals surface area (Å²) in [5, 5.41) is 7.90. The summed E-state index contributed by atoms with van der Waals surface area (Å²) in [5.41, 5.74) is 0.998. The van der Waals surface area contributed by atoms with Gasteiger partial charge in [0.05, 0.1) is 0 Å². The summed E-state index contributed by atoms with van der Waals surface area (Å²) in [7, 11) is 3.93. The van der Waals surface area contributed by atoms with Crippen LogP contribution in [0.5, 0.6) is 0 Å². The molecule has 0 saturated heterocycles. The van der Waals surface area contributed by atoms with Crippen molar-refractivity contribution < 1.29 is 0 Å². The highest BCUT2D eigenvalue weighted by Crippen LogP contribution is 2.20. The van der Waals surface area contributed by atoms with Crippen molar-refractivity contribution in [3.63, 3.8) is 0 Å². The van der Waals surface area contributed by atoms with E-state index >= 15 is 0 Å². The predicted octanol–water partition coefficient (Wildman–Crippen LogP) is 4.40. The number of hydrogen-bond acceptors (Lipinski definition) is 2. The fourth-order valence-corrected chi connectivity index (χ4v) is 2.49. The molecule has 0 amide bonds. The molecule has 0 spiro atoms. The van der Waals surface area contributed by atoms with Crippen LogP contribution in [0.4, 0.5) is 0 Å². The van der Waals surface area contributed by atoms with Gasteiger partial charge in [-0.25, -0.2) is 0 Å². The van der Waals surface area contributed by atoms with Crippen molar-refractivity contribution in [3.05, 3.63) is 33.8 Å². The van der Waals surface area contributed by atoms with E-state index in [1.807, 2.05) is 12.1 Å². The predicted molar refractivity (Wildman–Crippen MR) is 117 cm³/mol. The Morgan fingerprint density at radius 3 is 2.50 bits per heavy atom. The van der Waals surface area contributed by atoms with Crippen LogP contribution in [0.25, 0.3) is 0 Å². The first-order valence-corrected chi connectivity index (χ1v) is 8.78. The molecule has 0 atom stereocenters. The molecule has 0 aliphatic carbocycles. The monoisotopic (exact) mass is 486 g/mol. The number of hydrogen-bond donors (Lipinski definition) is 2. The first-order chi connectivity index (χ1) is 10.9. The Bertz CT molecular complexity index is 509. The van der Waals surface area contributed by atoms with E-state index in [-0.39, 0.29) is 24.0 Å². The molecule has 0 heterocycles. The molecule has 0 fully saturated rings. The van der Waals surface area contributed by atoms with E-state index in [9.17, 15) is 0 Å². The van der Waals surface area contributed by atoms with Gasteiger partial charge in [-0.3, -0.25) is 4.99 Å². The summed E-state index contributed by atoms with van der Waals surface area (Å²) in [6.07, 6.45) is 2.28. The minimum atomic E-state index is 0. The van der Waals surface area contributed by atoms with Crippen molar-refractivity contribution >= 4 is 53.1 Å². The third-order valence-corrected chi connectivity index (χ3v) is 4.38. The standard InChI is InChI=1S/C17H28Cl2N4.HI/c1-13(2)23(4)10-6-5-9-21-17(20-3)22-12-14-7-8-15(18)11-16(14)19;/h7-8,11,13H,5-6,9-10,12H2,1-4H3,(H2,20,21,22);1H. The number of nitrogens with zero attached hydrogens (tertiary/aromatic N) is 2. The maximum Gasteiger partial charge on any atom is 0.191 e. The van der Waals surface area contributed by atoms with Crippen LogP contribution < -0.4 is 10.6 Å².